The van der Waals surface area contributed by atoms with Crippen LogP contribution in [0, 0.1) is 5.82 Å². The van der Waals surface area contributed by atoms with E-state index in [1.807, 2.05) is 0 Å². The molecule has 3 N–H and O–H groups in total. The molecule has 8 heteroatoms. The molecule has 0 amide bonds. The van der Waals surface area contributed by atoms with Gasteiger partial charge in [0, 0.05) is 10.6 Å². The zero-order valence-electron chi connectivity index (χ0n) is 8.21. The Morgan fingerprint density at radius 3 is 2.24 bits per heavy atom. The molecule has 2 atom stereocenters. The molecule has 98 valence electrons. The van der Waals surface area contributed by atoms with Crippen LogP contribution in [0.3, 0.4) is 0 Å². The van der Waals surface area contributed by atoms with E-state index in [4.69, 9.17) is 22.4 Å². The minimum atomic E-state index is -4.90. The molecule has 0 unspecified atom stereocenters. The molecule has 0 aliphatic heterocycles. The van der Waals surface area contributed by atoms with Crippen LogP contribution in [-0.2, 0) is 0 Å². The van der Waals surface area contributed by atoms with E-state index in [1.165, 1.54) is 6.07 Å². The Kier molecular flexibility index (Phi) is 5.67. The van der Waals surface area contributed by atoms with Crippen LogP contribution in [0.1, 0.15) is 11.6 Å². The number of halogens is 6. The maximum absolute atomic E-state index is 13.2. The average molecular weight is 294 g/mol. The van der Waals surface area contributed by atoms with Crippen LogP contribution in [0.25, 0.3) is 0 Å². The average Bonchev–Trinajstić information content (AvgIpc) is 2.14. The second-order valence-electron chi connectivity index (χ2n) is 3.18. The number of rotatable bonds is 2. The zero-order valence-corrected chi connectivity index (χ0v) is 9.78. The Labute approximate surface area is 106 Å². The van der Waals surface area contributed by atoms with E-state index < -0.39 is 29.7 Å². The first kappa shape index (κ1) is 16.4. The monoisotopic (exact) mass is 293 g/mol. The topological polar surface area (TPSA) is 46.2 Å². The van der Waals surface area contributed by atoms with Gasteiger partial charge in [-0.1, -0.05) is 17.7 Å². The molecule has 0 aliphatic carbocycles. The molecule has 0 saturated heterocycles. The predicted molar refractivity (Wildman–Crippen MR) is 57.6 cm³/mol. The Balaban J connectivity index is 0.00000256. The summed E-state index contributed by atoms with van der Waals surface area (Å²) >= 11 is 5.43. The Hall–Kier alpha value is -0.560. The molecule has 0 radical (unpaired) electrons. The highest BCUT2D eigenvalue weighted by Gasteiger charge is 2.43. The smallest absolute Gasteiger partial charge is 0.382 e. The molecule has 0 saturated carbocycles. The SMILES string of the molecule is Cl.N[C@H](c1ccc(Cl)cc1F)[C@@H](O)C(F)(F)F. The third-order valence-electron chi connectivity index (χ3n) is 2.00. The van der Waals surface area contributed by atoms with Crippen molar-refractivity contribution in [2.45, 2.75) is 18.3 Å². The summed E-state index contributed by atoms with van der Waals surface area (Å²) in [5, 5.41) is 8.89. The molecule has 0 aromatic heterocycles. The first-order chi connectivity index (χ1) is 7.23. The number of benzene rings is 1. The second-order valence-corrected chi connectivity index (χ2v) is 3.61. The summed E-state index contributed by atoms with van der Waals surface area (Å²) < 4.78 is 49.6. The fourth-order valence-electron chi connectivity index (χ4n) is 1.15. The number of hydrogen-bond donors (Lipinski definition) is 2. The number of aliphatic hydroxyl groups excluding tert-OH is 1. The van der Waals surface area contributed by atoms with Crippen LogP contribution in [0.5, 0.6) is 0 Å². The van der Waals surface area contributed by atoms with E-state index in [-0.39, 0.29) is 17.4 Å². The fraction of sp³-hybridized carbons (Fsp3) is 0.333. The third-order valence-corrected chi connectivity index (χ3v) is 2.23. The second kappa shape index (κ2) is 5.86. The number of hydrogen-bond acceptors (Lipinski definition) is 2. The van der Waals surface area contributed by atoms with Gasteiger partial charge in [-0.25, -0.2) is 4.39 Å². The summed E-state index contributed by atoms with van der Waals surface area (Å²) in [6, 6.07) is 1.16. The van der Waals surface area contributed by atoms with Crippen molar-refractivity contribution >= 4 is 24.0 Å². The lowest BCUT2D eigenvalue weighted by Crippen LogP contribution is -2.39. The normalized spacial score (nSPS) is 15.0. The molecular formula is C9H9Cl2F4NO. The van der Waals surface area contributed by atoms with Gasteiger partial charge < -0.3 is 10.8 Å². The van der Waals surface area contributed by atoms with E-state index in [1.54, 1.807) is 0 Å². The standard InChI is InChI=1S/C9H8ClF4NO.ClH/c10-4-1-2-5(6(11)3-4)7(15)8(16)9(12,13)14;/h1-3,7-8,16H,15H2;1H/t7-,8-;/m1./s1. The van der Waals surface area contributed by atoms with Gasteiger partial charge in [-0.05, 0) is 12.1 Å². The van der Waals surface area contributed by atoms with E-state index in [2.05, 4.69) is 0 Å². The molecule has 1 aromatic rings. The van der Waals surface area contributed by atoms with Crippen LogP contribution < -0.4 is 5.73 Å². The predicted octanol–water partition coefficient (Wildman–Crippen LogP) is 2.82. The van der Waals surface area contributed by atoms with Crippen molar-refractivity contribution in [3.63, 3.8) is 0 Å². The zero-order chi connectivity index (χ0) is 12.5. The minimum absolute atomic E-state index is 0. The third kappa shape index (κ3) is 3.99. The quantitative estimate of drug-likeness (QED) is 0.824. The number of nitrogens with two attached hydrogens (primary N) is 1. The summed E-state index contributed by atoms with van der Waals surface area (Å²) in [5.74, 6) is -0.983. The highest BCUT2D eigenvalue weighted by atomic mass is 35.5. The fourth-order valence-corrected chi connectivity index (χ4v) is 1.30. The van der Waals surface area contributed by atoms with Gasteiger partial charge >= 0.3 is 6.18 Å². The van der Waals surface area contributed by atoms with E-state index >= 15 is 0 Å². The van der Waals surface area contributed by atoms with Gasteiger partial charge in [-0.3, -0.25) is 0 Å². The van der Waals surface area contributed by atoms with Crippen molar-refractivity contribution in [2.24, 2.45) is 5.73 Å². The van der Waals surface area contributed by atoms with Crippen molar-refractivity contribution in [1.82, 2.24) is 0 Å². The van der Waals surface area contributed by atoms with Crippen LogP contribution in [0.4, 0.5) is 17.6 Å². The molecule has 1 aromatic carbocycles. The largest absolute Gasteiger partial charge is 0.416 e. The van der Waals surface area contributed by atoms with Crippen molar-refractivity contribution in [3.05, 3.63) is 34.6 Å². The van der Waals surface area contributed by atoms with Gasteiger partial charge in [-0.2, -0.15) is 13.2 Å². The number of alkyl halides is 3. The molecule has 0 bridgehead atoms. The highest BCUT2D eigenvalue weighted by Crippen LogP contribution is 2.30. The van der Waals surface area contributed by atoms with E-state index in [9.17, 15) is 17.6 Å². The van der Waals surface area contributed by atoms with Crippen molar-refractivity contribution in [2.75, 3.05) is 0 Å². The Morgan fingerprint density at radius 1 is 1.29 bits per heavy atom. The highest BCUT2D eigenvalue weighted by molar-refractivity contribution is 6.30. The van der Waals surface area contributed by atoms with Crippen LogP contribution >= 0.6 is 24.0 Å². The lowest BCUT2D eigenvalue weighted by molar-refractivity contribution is -0.210. The maximum Gasteiger partial charge on any atom is 0.416 e. The Morgan fingerprint density at radius 2 is 1.82 bits per heavy atom. The van der Waals surface area contributed by atoms with Crippen LogP contribution in [-0.4, -0.2) is 17.4 Å². The van der Waals surface area contributed by atoms with Crippen molar-refractivity contribution in [3.8, 4) is 0 Å². The lowest BCUT2D eigenvalue weighted by Gasteiger charge is -2.21. The summed E-state index contributed by atoms with van der Waals surface area (Å²) in [5.41, 5.74) is 4.69. The van der Waals surface area contributed by atoms with Gasteiger partial charge in [0.1, 0.15) is 5.82 Å². The summed E-state index contributed by atoms with van der Waals surface area (Å²) in [6.45, 7) is 0. The van der Waals surface area contributed by atoms with Crippen molar-refractivity contribution < 1.29 is 22.7 Å². The minimum Gasteiger partial charge on any atom is -0.382 e. The summed E-state index contributed by atoms with van der Waals surface area (Å²) in [6.07, 6.45) is -7.71. The van der Waals surface area contributed by atoms with Crippen LogP contribution in [0.15, 0.2) is 18.2 Å². The summed E-state index contributed by atoms with van der Waals surface area (Å²) in [4.78, 5) is 0. The van der Waals surface area contributed by atoms with Crippen molar-refractivity contribution in [1.29, 1.82) is 0 Å². The van der Waals surface area contributed by atoms with Crippen LogP contribution in [0.2, 0.25) is 5.02 Å². The Bertz CT molecular complexity index is 386. The molecule has 0 heterocycles. The first-order valence-corrected chi connectivity index (χ1v) is 4.56. The van der Waals surface area contributed by atoms with E-state index in [0.29, 0.717) is 0 Å². The maximum atomic E-state index is 13.2. The first-order valence-electron chi connectivity index (χ1n) is 4.19. The van der Waals surface area contributed by atoms with Gasteiger partial charge in [0.2, 0.25) is 0 Å². The van der Waals surface area contributed by atoms with Gasteiger partial charge in [0.25, 0.3) is 0 Å². The van der Waals surface area contributed by atoms with Gasteiger partial charge in [-0.15, -0.1) is 12.4 Å². The van der Waals surface area contributed by atoms with Gasteiger partial charge in [0.05, 0.1) is 6.04 Å². The molecule has 2 nitrogen and oxygen atoms in total. The lowest BCUT2D eigenvalue weighted by atomic mass is 10.0. The molecule has 0 fully saturated rings. The molecule has 0 aliphatic rings. The summed E-state index contributed by atoms with van der Waals surface area (Å²) in [7, 11) is 0. The molecular weight excluding hydrogens is 285 g/mol. The molecule has 0 spiro atoms. The molecule has 1 rings (SSSR count). The van der Waals surface area contributed by atoms with E-state index in [0.717, 1.165) is 12.1 Å². The van der Waals surface area contributed by atoms with Gasteiger partial charge in [0.15, 0.2) is 6.10 Å². The number of aliphatic hydroxyl groups is 1. The molecule has 17 heavy (non-hydrogen) atoms.